The van der Waals surface area contributed by atoms with E-state index in [1.807, 2.05) is 55.5 Å². The van der Waals surface area contributed by atoms with E-state index in [2.05, 4.69) is 10.2 Å². The highest BCUT2D eigenvalue weighted by Crippen LogP contribution is 2.35. The molecule has 4 nitrogen and oxygen atoms in total. The minimum atomic E-state index is -0.256. The molecule has 0 radical (unpaired) electrons. The van der Waals surface area contributed by atoms with Crippen LogP contribution in [0.15, 0.2) is 72.8 Å². The Morgan fingerprint density at radius 3 is 2.50 bits per heavy atom. The quantitative estimate of drug-likeness (QED) is 0.652. The molecule has 1 aliphatic heterocycles. The third-order valence-corrected chi connectivity index (χ3v) is 5.34. The lowest BCUT2D eigenvalue weighted by Crippen LogP contribution is -2.45. The number of para-hydroxylation sites is 2. The van der Waals surface area contributed by atoms with Crippen molar-refractivity contribution in [3.63, 3.8) is 0 Å². The number of aryl methyl sites for hydroxylation is 1. The average Bonchev–Trinajstić information content (AvgIpc) is 2.76. The van der Waals surface area contributed by atoms with Crippen LogP contribution in [-0.2, 0) is 17.9 Å². The Morgan fingerprint density at radius 1 is 1.03 bits per heavy atom. The predicted octanol–water partition coefficient (Wildman–Crippen LogP) is 4.61. The minimum absolute atomic E-state index is 0.0207. The summed E-state index contributed by atoms with van der Waals surface area (Å²) in [6.07, 6.45) is 0.321. The summed E-state index contributed by atoms with van der Waals surface area (Å²) in [6.45, 7) is 3.55. The number of carbonyl (C=O) groups excluding carboxylic acids is 1. The molecule has 1 heterocycles. The molecule has 0 bridgehead atoms. The van der Waals surface area contributed by atoms with E-state index in [4.69, 9.17) is 4.74 Å². The molecule has 0 aromatic heterocycles. The van der Waals surface area contributed by atoms with Gasteiger partial charge in [-0.05, 0) is 42.3 Å². The highest BCUT2D eigenvalue weighted by atomic mass is 19.1. The fourth-order valence-corrected chi connectivity index (χ4v) is 3.65. The van der Waals surface area contributed by atoms with E-state index < -0.39 is 0 Å². The first kappa shape index (κ1) is 20.0. The number of hydrogen-bond donors (Lipinski definition) is 1. The van der Waals surface area contributed by atoms with E-state index in [1.54, 1.807) is 12.1 Å². The lowest BCUT2D eigenvalue weighted by Gasteiger charge is -2.38. The Morgan fingerprint density at radius 2 is 1.73 bits per heavy atom. The maximum atomic E-state index is 13.3. The molecule has 0 saturated carbocycles. The van der Waals surface area contributed by atoms with Crippen molar-refractivity contribution in [3.8, 4) is 5.75 Å². The SMILES string of the molecule is Cc1ccc(CNC(=O)C[C@H]2COc3ccccc3N2Cc2ccc(F)cc2)cc1. The number of nitrogens with zero attached hydrogens (tertiary/aromatic N) is 1. The van der Waals surface area contributed by atoms with Crippen molar-refractivity contribution in [1.82, 2.24) is 5.32 Å². The summed E-state index contributed by atoms with van der Waals surface area (Å²) in [4.78, 5) is 14.8. The number of benzene rings is 3. The summed E-state index contributed by atoms with van der Waals surface area (Å²) in [6, 6.07) is 22.3. The molecular formula is C25H25FN2O2. The molecule has 0 saturated heterocycles. The van der Waals surface area contributed by atoms with Crippen LogP contribution in [0.3, 0.4) is 0 Å². The summed E-state index contributed by atoms with van der Waals surface area (Å²) >= 11 is 0. The van der Waals surface area contributed by atoms with Crippen LogP contribution in [-0.4, -0.2) is 18.6 Å². The number of ether oxygens (including phenoxy) is 1. The zero-order chi connectivity index (χ0) is 20.9. The number of nitrogens with one attached hydrogen (secondary N) is 1. The normalized spacial score (nSPS) is 15.3. The molecule has 154 valence electrons. The number of rotatable bonds is 6. The fourth-order valence-electron chi connectivity index (χ4n) is 3.65. The molecule has 1 aliphatic rings. The monoisotopic (exact) mass is 404 g/mol. The molecule has 1 amide bonds. The van der Waals surface area contributed by atoms with Gasteiger partial charge >= 0.3 is 0 Å². The molecule has 3 aromatic rings. The van der Waals surface area contributed by atoms with E-state index in [0.717, 1.165) is 22.6 Å². The van der Waals surface area contributed by atoms with Crippen molar-refractivity contribution in [2.24, 2.45) is 0 Å². The van der Waals surface area contributed by atoms with Crippen molar-refractivity contribution in [1.29, 1.82) is 0 Å². The van der Waals surface area contributed by atoms with Crippen LogP contribution in [0.4, 0.5) is 10.1 Å². The first-order valence-corrected chi connectivity index (χ1v) is 10.1. The summed E-state index contributed by atoms with van der Waals surface area (Å²) in [5, 5.41) is 3.01. The number of halogens is 1. The molecule has 1 atom stereocenters. The zero-order valence-electron chi connectivity index (χ0n) is 17.0. The average molecular weight is 404 g/mol. The van der Waals surface area contributed by atoms with Gasteiger partial charge in [0.2, 0.25) is 5.91 Å². The van der Waals surface area contributed by atoms with Crippen LogP contribution < -0.4 is 15.0 Å². The van der Waals surface area contributed by atoms with Gasteiger partial charge in [-0.3, -0.25) is 4.79 Å². The van der Waals surface area contributed by atoms with E-state index >= 15 is 0 Å². The van der Waals surface area contributed by atoms with E-state index in [1.165, 1.54) is 17.7 Å². The topological polar surface area (TPSA) is 41.6 Å². The molecule has 0 fully saturated rings. The van der Waals surface area contributed by atoms with Gasteiger partial charge in [0.05, 0.1) is 18.2 Å². The second kappa shape index (κ2) is 8.99. The number of anilines is 1. The van der Waals surface area contributed by atoms with Crippen LogP contribution in [0.25, 0.3) is 0 Å². The summed E-state index contributed by atoms with van der Waals surface area (Å²) in [5.74, 6) is 0.525. The molecular weight excluding hydrogens is 379 g/mol. The van der Waals surface area contributed by atoms with E-state index in [-0.39, 0.29) is 17.8 Å². The molecule has 5 heteroatoms. The largest absolute Gasteiger partial charge is 0.489 e. The lowest BCUT2D eigenvalue weighted by molar-refractivity contribution is -0.121. The van der Waals surface area contributed by atoms with Gasteiger partial charge in [0.25, 0.3) is 0 Å². The van der Waals surface area contributed by atoms with Gasteiger partial charge in [0.1, 0.15) is 18.2 Å². The third kappa shape index (κ3) is 4.79. The smallest absolute Gasteiger partial charge is 0.222 e. The van der Waals surface area contributed by atoms with Gasteiger partial charge in [-0.15, -0.1) is 0 Å². The Hall–Kier alpha value is -3.34. The summed E-state index contributed by atoms with van der Waals surface area (Å²) < 4.78 is 19.2. The molecule has 30 heavy (non-hydrogen) atoms. The predicted molar refractivity (Wildman–Crippen MR) is 116 cm³/mol. The van der Waals surface area contributed by atoms with Gasteiger partial charge in [0.15, 0.2) is 0 Å². The maximum absolute atomic E-state index is 13.3. The van der Waals surface area contributed by atoms with Gasteiger partial charge in [-0.1, -0.05) is 54.1 Å². The highest BCUT2D eigenvalue weighted by molar-refractivity contribution is 5.77. The lowest BCUT2D eigenvalue weighted by atomic mass is 10.1. The summed E-state index contributed by atoms with van der Waals surface area (Å²) in [5.41, 5.74) is 4.20. The van der Waals surface area contributed by atoms with Crippen molar-refractivity contribution in [3.05, 3.63) is 95.3 Å². The van der Waals surface area contributed by atoms with Crippen molar-refractivity contribution in [2.45, 2.75) is 32.5 Å². The van der Waals surface area contributed by atoms with Gasteiger partial charge in [0, 0.05) is 13.1 Å². The molecule has 0 spiro atoms. The Balaban J connectivity index is 1.46. The Bertz CT molecular complexity index is 1000. The van der Waals surface area contributed by atoms with Gasteiger partial charge in [-0.2, -0.15) is 0 Å². The number of amides is 1. The zero-order valence-corrected chi connectivity index (χ0v) is 17.0. The van der Waals surface area contributed by atoms with Gasteiger partial charge in [-0.25, -0.2) is 4.39 Å². The molecule has 4 rings (SSSR count). The van der Waals surface area contributed by atoms with Crippen LogP contribution in [0.2, 0.25) is 0 Å². The summed E-state index contributed by atoms with van der Waals surface area (Å²) in [7, 11) is 0. The van der Waals surface area contributed by atoms with Crippen LogP contribution in [0.1, 0.15) is 23.1 Å². The minimum Gasteiger partial charge on any atom is -0.489 e. The third-order valence-electron chi connectivity index (χ3n) is 5.34. The van der Waals surface area contributed by atoms with Crippen LogP contribution >= 0.6 is 0 Å². The molecule has 1 N–H and O–H groups in total. The maximum Gasteiger partial charge on any atom is 0.222 e. The first-order valence-electron chi connectivity index (χ1n) is 10.1. The number of fused-ring (bicyclic) bond motifs is 1. The van der Waals surface area contributed by atoms with Crippen molar-refractivity contribution >= 4 is 11.6 Å². The molecule has 0 aliphatic carbocycles. The fraction of sp³-hybridized carbons (Fsp3) is 0.240. The second-order valence-electron chi connectivity index (χ2n) is 7.65. The molecule has 0 unspecified atom stereocenters. The standard InChI is InChI=1S/C25H25FN2O2/c1-18-6-8-19(9-7-18)15-27-25(29)14-22-17-30-24-5-3-2-4-23(24)28(22)16-20-10-12-21(26)13-11-20/h2-13,22H,14-17H2,1H3,(H,27,29)/t22-/m0/s1. The van der Waals surface area contributed by atoms with Crippen LogP contribution in [0, 0.1) is 12.7 Å². The molecule has 3 aromatic carbocycles. The number of hydrogen-bond acceptors (Lipinski definition) is 3. The second-order valence-corrected chi connectivity index (χ2v) is 7.65. The Kier molecular flexibility index (Phi) is 5.98. The van der Waals surface area contributed by atoms with Crippen molar-refractivity contribution in [2.75, 3.05) is 11.5 Å². The first-order chi connectivity index (χ1) is 14.6. The highest BCUT2D eigenvalue weighted by Gasteiger charge is 2.29. The van der Waals surface area contributed by atoms with Crippen molar-refractivity contribution < 1.29 is 13.9 Å². The van der Waals surface area contributed by atoms with Crippen LogP contribution in [0.5, 0.6) is 5.75 Å². The number of carbonyl (C=O) groups is 1. The van der Waals surface area contributed by atoms with Gasteiger partial charge < -0.3 is 15.0 Å². The van der Waals surface area contributed by atoms with E-state index in [0.29, 0.717) is 26.1 Å². The van der Waals surface area contributed by atoms with E-state index in [9.17, 15) is 9.18 Å². The Labute approximate surface area is 176 Å².